The molecule has 2 amide bonds. The first-order chi connectivity index (χ1) is 21.9. The third-order valence-electron chi connectivity index (χ3n) is 8.12. The Balaban J connectivity index is 1.000. The fraction of sp³-hybridized carbons (Fsp3) is 0.303. The number of hydrogen-bond acceptors (Lipinski definition) is 8. The van der Waals surface area contributed by atoms with Crippen LogP contribution in [0.3, 0.4) is 0 Å². The number of piperazine rings is 1. The number of thioether (sulfide) groups is 1. The van der Waals surface area contributed by atoms with Gasteiger partial charge in [0.2, 0.25) is 11.1 Å². The van der Waals surface area contributed by atoms with Crippen molar-refractivity contribution in [2.75, 3.05) is 25.4 Å². The Morgan fingerprint density at radius 3 is 2.47 bits per heavy atom. The van der Waals surface area contributed by atoms with Crippen LogP contribution in [0.2, 0.25) is 0 Å². The summed E-state index contributed by atoms with van der Waals surface area (Å²) in [5.41, 5.74) is 4.21. The summed E-state index contributed by atoms with van der Waals surface area (Å²) >= 11 is 1.55. The van der Waals surface area contributed by atoms with Crippen LogP contribution in [0.25, 0.3) is 22.1 Å². The molecule has 3 aromatic carbocycles. The van der Waals surface area contributed by atoms with E-state index in [1.54, 1.807) is 16.7 Å². The van der Waals surface area contributed by atoms with Gasteiger partial charge in [0.25, 0.3) is 11.6 Å². The molecule has 1 aliphatic heterocycles. The number of fused-ring (bicyclic) bond motifs is 3. The van der Waals surface area contributed by atoms with Crippen LogP contribution in [0.15, 0.2) is 84.0 Å². The molecule has 1 unspecified atom stereocenters. The zero-order valence-corrected chi connectivity index (χ0v) is 25.7. The molecule has 1 aliphatic rings. The van der Waals surface area contributed by atoms with Gasteiger partial charge in [-0.2, -0.15) is 0 Å². The summed E-state index contributed by atoms with van der Waals surface area (Å²) in [5, 5.41) is 21.5. The summed E-state index contributed by atoms with van der Waals surface area (Å²) in [6, 6.07) is 23.9. The normalized spacial score (nSPS) is 15.1. The fourth-order valence-electron chi connectivity index (χ4n) is 5.75. The number of para-hydroxylation sites is 1. The van der Waals surface area contributed by atoms with Crippen molar-refractivity contribution in [2.45, 2.75) is 43.9 Å². The molecule has 0 N–H and O–H groups in total. The van der Waals surface area contributed by atoms with E-state index >= 15 is 0 Å². The largest absolute Gasteiger partial charge is 0.339 e. The van der Waals surface area contributed by atoms with Crippen molar-refractivity contribution in [3.05, 3.63) is 100 Å². The standard InChI is InChI=1S/C33H33N7O4S/c1-23-21-37(18-19-38(23)32(42)25-14-16-26(17-15-25)40(43)44)29(41)13-7-8-20-45-33-34-31-30(35-36-33)27-11-5-6-12-28(27)39(31)22-24-9-3-2-4-10-24/h2-6,9-12,14-17,23H,7-8,13,18-22H2,1H3. The minimum absolute atomic E-state index is 0.0543. The van der Waals surface area contributed by atoms with E-state index in [1.807, 2.05) is 42.2 Å². The maximum absolute atomic E-state index is 13.0. The van der Waals surface area contributed by atoms with Gasteiger partial charge in [-0.25, -0.2) is 4.98 Å². The second-order valence-corrected chi connectivity index (χ2v) is 12.2. The van der Waals surface area contributed by atoms with E-state index in [0.717, 1.165) is 40.7 Å². The maximum Gasteiger partial charge on any atom is 0.269 e. The van der Waals surface area contributed by atoms with Crippen molar-refractivity contribution in [1.29, 1.82) is 0 Å². The predicted octanol–water partition coefficient (Wildman–Crippen LogP) is 5.57. The Morgan fingerprint density at radius 2 is 1.71 bits per heavy atom. The van der Waals surface area contributed by atoms with Crippen LogP contribution in [-0.2, 0) is 11.3 Å². The summed E-state index contributed by atoms with van der Waals surface area (Å²) in [5.74, 6) is 0.670. The molecule has 1 saturated heterocycles. The van der Waals surface area contributed by atoms with Crippen molar-refractivity contribution in [2.24, 2.45) is 0 Å². The Labute approximate surface area is 264 Å². The fourth-order valence-corrected chi connectivity index (χ4v) is 6.53. The van der Waals surface area contributed by atoms with Gasteiger partial charge in [-0.05, 0) is 43.5 Å². The van der Waals surface area contributed by atoms with Crippen LogP contribution in [0.1, 0.15) is 42.1 Å². The lowest BCUT2D eigenvalue weighted by molar-refractivity contribution is -0.384. The van der Waals surface area contributed by atoms with Crippen molar-refractivity contribution in [3.8, 4) is 0 Å². The van der Waals surface area contributed by atoms with Gasteiger partial charge in [-0.1, -0.05) is 60.3 Å². The van der Waals surface area contributed by atoms with Crippen molar-refractivity contribution in [3.63, 3.8) is 0 Å². The number of nitro groups is 1. The summed E-state index contributed by atoms with van der Waals surface area (Å²) in [6.45, 7) is 3.96. The molecular formula is C33H33N7O4S. The molecule has 6 rings (SSSR count). The smallest absolute Gasteiger partial charge is 0.269 e. The number of carbonyl (C=O) groups is 2. The molecule has 12 heteroatoms. The zero-order chi connectivity index (χ0) is 31.3. The molecule has 0 saturated carbocycles. The van der Waals surface area contributed by atoms with Crippen LogP contribution in [0.4, 0.5) is 5.69 Å². The van der Waals surface area contributed by atoms with Crippen LogP contribution >= 0.6 is 11.8 Å². The van der Waals surface area contributed by atoms with E-state index in [-0.39, 0.29) is 23.5 Å². The lowest BCUT2D eigenvalue weighted by Crippen LogP contribution is -2.55. The SMILES string of the molecule is CC1CN(C(=O)CCCCSc2nnc3c4ccccc4n(Cc4ccccc4)c3n2)CCN1C(=O)c1ccc([N+](=O)[O-])cc1. The Bertz CT molecular complexity index is 1850. The molecule has 1 fully saturated rings. The van der Waals surface area contributed by atoms with Gasteiger partial charge in [0.05, 0.1) is 10.4 Å². The molecule has 0 radical (unpaired) electrons. The average Bonchev–Trinajstić information content (AvgIpc) is 3.37. The quantitative estimate of drug-likeness (QED) is 0.0855. The number of nitro benzene ring substituents is 1. The number of nitrogens with zero attached hydrogens (tertiary/aromatic N) is 7. The summed E-state index contributed by atoms with van der Waals surface area (Å²) in [4.78, 5) is 44.8. The second kappa shape index (κ2) is 13.4. The zero-order valence-electron chi connectivity index (χ0n) is 24.9. The maximum atomic E-state index is 13.0. The lowest BCUT2D eigenvalue weighted by atomic mass is 10.1. The van der Waals surface area contributed by atoms with E-state index in [9.17, 15) is 19.7 Å². The van der Waals surface area contributed by atoms with Crippen LogP contribution in [0, 0.1) is 10.1 Å². The first kappa shape index (κ1) is 30.2. The van der Waals surface area contributed by atoms with Gasteiger partial charge >= 0.3 is 0 Å². The molecule has 230 valence electrons. The second-order valence-electron chi connectivity index (χ2n) is 11.2. The Morgan fingerprint density at radius 1 is 0.956 bits per heavy atom. The van der Waals surface area contributed by atoms with Gasteiger partial charge in [0.15, 0.2) is 5.65 Å². The number of amides is 2. The number of carbonyl (C=O) groups excluding carboxylic acids is 2. The monoisotopic (exact) mass is 623 g/mol. The van der Waals surface area contributed by atoms with Crippen LogP contribution in [0.5, 0.6) is 0 Å². The number of unbranched alkanes of at least 4 members (excludes halogenated alkanes) is 1. The molecule has 3 heterocycles. The van der Waals surface area contributed by atoms with Crippen molar-refractivity contribution < 1.29 is 14.5 Å². The van der Waals surface area contributed by atoms with Gasteiger partial charge in [-0.3, -0.25) is 19.7 Å². The molecule has 11 nitrogen and oxygen atoms in total. The summed E-state index contributed by atoms with van der Waals surface area (Å²) in [6.07, 6.45) is 2.01. The molecule has 45 heavy (non-hydrogen) atoms. The highest BCUT2D eigenvalue weighted by molar-refractivity contribution is 7.99. The summed E-state index contributed by atoms with van der Waals surface area (Å²) in [7, 11) is 0. The number of benzene rings is 3. The van der Waals surface area contributed by atoms with Gasteiger partial charge in [-0.15, -0.1) is 10.2 Å². The van der Waals surface area contributed by atoms with Crippen LogP contribution < -0.4 is 0 Å². The first-order valence-electron chi connectivity index (χ1n) is 15.0. The minimum atomic E-state index is -0.488. The highest BCUT2D eigenvalue weighted by Crippen LogP contribution is 2.28. The number of aromatic nitrogens is 4. The average molecular weight is 624 g/mol. The number of rotatable bonds is 10. The van der Waals surface area contributed by atoms with E-state index in [0.29, 0.717) is 43.3 Å². The van der Waals surface area contributed by atoms with Gasteiger partial charge in [0, 0.05) is 67.5 Å². The number of non-ortho nitro benzene ring substituents is 1. The molecule has 0 spiro atoms. The highest BCUT2D eigenvalue weighted by atomic mass is 32.2. The third kappa shape index (κ3) is 6.65. The van der Waals surface area contributed by atoms with E-state index in [4.69, 9.17) is 4.98 Å². The minimum Gasteiger partial charge on any atom is -0.339 e. The Hall–Kier alpha value is -4.84. The summed E-state index contributed by atoms with van der Waals surface area (Å²) < 4.78 is 2.19. The van der Waals surface area contributed by atoms with Crippen molar-refractivity contribution >= 4 is 51.3 Å². The number of hydrogen-bond donors (Lipinski definition) is 0. The van der Waals surface area contributed by atoms with Crippen LogP contribution in [-0.4, -0.2) is 77.7 Å². The molecule has 2 aromatic heterocycles. The topological polar surface area (TPSA) is 127 Å². The molecule has 0 bridgehead atoms. The molecular weight excluding hydrogens is 590 g/mol. The molecule has 1 atom stereocenters. The van der Waals surface area contributed by atoms with Crippen molar-refractivity contribution in [1.82, 2.24) is 29.5 Å². The highest BCUT2D eigenvalue weighted by Gasteiger charge is 2.30. The Kier molecular flexibility index (Phi) is 9.01. The lowest BCUT2D eigenvalue weighted by Gasteiger charge is -2.40. The van der Waals surface area contributed by atoms with E-state index in [1.165, 1.54) is 29.8 Å². The van der Waals surface area contributed by atoms with E-state index in [2.05, 4.69) is 39.0 Å². The predicted molar refractivity (Wildman–Crippen MR) is 173 cm³/mol. The third-order valence-corrected chi connectivity index (χ3v) is 9.04. The molecule has 5 aromatic rings. The first-order valence-corrected chi connectivity index (χ1v) is 16.0. The molecule has 0 aliphatic carbocycles. The van der Waals surface area contributed by atoms with E-state index < -0.39 is 4.92 Å². The van der Waals surface area contributed by atoms with Gasteiger partial charge in [0.1, 0.15) is 5.52 Å². The van der Waals surface area contributed by atoms with Gasteiger partial charge < -0.3 is 14.4 Å².